The number of benzene rings is 3. The summed E-state index contributed by atoms with van der Waals surface area (Å²) in [6, 6.07) is 26.5. The largest absolute Gasteiger partial charge is 0.458 e. The molecule has 4 rings (SSSR count). The molecule has 155 valence electrons. The van der Waals surface area contributed by atoms with Crippen molar-refractivity contribution in [3.63, 3.8) is 0 Å². The van der Waals surface area contributed by atoms with Crippen molar-refractivity contribution >= 4 is 32.2 Å². The molecule has 0 saturated heterocycles. The molecule has 0 bridgehead atoms. The molecule has 0 aliphatic carbocycles. The van der Waals surface area contributed by atoms with Crippen LogP contribution in [0.3, 0.4) is 0 Å². The van der Waals surface area contributed by atoms with Crippen molar-refractivity contribution in [2.45, 2.75) is 26.4 Å². The molecule has 0 saturated carbocycles. The Hall–Kier alpha value is -2.64. The van der Waals surface area contributed by atoms with Crippen molar-refractivity contribution in [3.05, 3.63) is 107 Å². The Bertz CT molecular complexity index is 1140. The van der Waals surface area contributed by atoms with Crippen LogP contribution in [-0.2, 0) is 14.1 Å². The number of rotatable bonds is 5. The van der Waals surface area contributed by atoms with Gasteiger partial charge in [-0.2, -0.15) is 0 Å². The van der Waals surface area contributed by atoms with Gasteiger partial charge in [0.2, 0.25) is 0 Å². The first-order chi connectivity index (χ1) is 14.9. The molecular weight excluding hydrogens is 394 g/mol. The van der Waals surface area contributed by atoms with Crippen LogP contribution < -0.4 is 21.0 Å². The maximum atomic E-state index is 6.43. The first kappa shape index (κ1) is 21.6. The summed E-state index contributed by atoms with van der Waals surface area (Å²) in [6.45, 7) is 6.69. The molecule has 3 radical (unpaired) electrons. The fourth-order valence-electron chi connectivity index (χ4n) is 4.59. The summed E-state index contributed by atoms with van der Waals surface area (Å²) in [7, 11) is 9.78. The molecule has 0 spiro atoms. The van der Waals surface area contributed by atoms with E-state index in [1.54, 1.807) is 0 Å². The lowest BCUT2D eigenvalue weighted by Crippen LogP contribution is -2.45. The summed E-state index contributed by atoms with van der Waals surface area (Å²) < 4.78 is 4.21. The standard InChI is InChI=1S/C27H29BN2P/c1-19-16-20(2)25(21(3)17-19)31(24-18-29(4)27(28)30(24)5)26(22-12-8-6-9-13-22)23-14-10-7-11-15-23/h6-18,26H,1-5H3. The molecule has 1 unspecified atom stereocenters. The second-order valence-corrected chi connectivity index (χ2v) is 10.5. The average molecular weight is 423 g/mol. The van der Waals surface area contributed by atoms with Gasteiger partial charge >= 0.3 is 0 Å². The number of nitrogens with zero attached hydrogens (tertiary/aromatic N) is 2. The summed E-state index contributed by atoms with van der Waals surface area (Å²) in [6.07, 6.45) is 2.22. The van der Waals surface area contributed by atoms with Gasteiger partial charge in [-0.3, -0.25) is 9.13 Å². The van der Waals surface area contributed by atoms with Crippen LogP contribution in [-0.4, -0.2) is 12.4 Å². The highest BCUT2D eigenvalue weighted by Crippen LogP contribution is 2.54. The predicted octanol–water partition coefficient (Wildman–Crippen LogP) is 3.79. The van der Waals surface area contributed by atoms with Gasteiger partial charge in [0.15, 0.2) is 5.44 Å². The van der Waals surface area contributed by atoms with Crippen molar-refractivity contribution < 1.29 is 4.57 Å². The summed E-state index contributed by atoms with van der Waals surface area (Å²) >= 11 is 0. The predicted molar refractivity (Wildman–Crippen MR) is 134 cm³/mol. The van der Waals surface area contributed by atoms with Crippen molar-refractivity contribution in [1.29, 1.82) is 0 Å². The summed E-state index contributed by atoms with van der Waals surface area (Å²) in [5.74, 6) is 0. The Morgan fingerprint density at radius 3 is 1.74 bits per heavy atom. The molecular formula is C27H29BN2P. The van der Waals surface area contributed by atoms with Gasteiger partial charge in [0.25, 0.3) is 0 Å². The van der Waals surface area contributed by atoms with E-state index in [0.717, 1.165) is 5.72 Å². The summed E-state index contributed by atoms with van der Waals surface area (Å²) in [5.41, 5.74) is 8.95. The van der Waals surface area contributed by atoms with Crippen LogP contribution in [0, 0.1) is 20.8 Å². The van der Waals surface area contributed by atoms with E-state index in [2.05, 4.69) is 111 Å². The molecule has 0 N–H and O–H groups in total. The van der Waals surface area contributed by atoms with Crippen LogP contribution in [0.2, 0.25) is 0 Å². The first-order valence-corrected chi connectivity index (χ1v) is 12.1. The Labute approximate surface area is 188 Å². The van der Waals surface area contributed by atoms with Gasteiger partial charge in [-0.15, -0.1) is 0 Å². The van der Waals surface area contributed by atoms with Gasteiger partial charge in [0.1, 0.15) is 6.20 Å². The van der Waals surface area contributed by atoms with Gasteiger partial charge in [-0.05, 0) is 54.1 Å². The Morgan fingerprint density at radius 2 is 1.32 bits per heavy atom. The lowest BCUT2D eigenvalue weighted by Gasteiger charge is -2.30. The fourth-order valence-corrected chi connectivity index (χ4v) is 7.90. The van der Waals surface area contributed by atoms with E-state index in [1.807, 2.05) is 11.6 Å². The topological polar surface area (TPSA) is 8.81 Å². The van der Waals surface area contributed by atoms with Crippen molar-refractivity contribution in [3.8, 4) is 0 Å². The second-order valence-electron chi connectivity index (χ2n) is 8.36. The minimum Gasteiger partial charge on any atom is -0.458 e. The fraction of sp³-hybridized carbons (Fsp3) is 0.222. The third kappa shape index (κ3) is 4.12. The average Bonchev–Trinajstić information content (AvgIpc) is 3.01. The molecule has 2 nitrogen and oxygen atoms in total. The van der Waals surface area contributed by atoms with Crippen LogP contribution in [0.5, 0.6) is 0 Å². The van der Waals surface area contributed by atoms with Gasteiger partial charge in [0, 0.05) is 13.6 Å². The second kappa shape index (κ2) is 8.85. The van der Waals surface area contributed by atoms with Gasteiger partial charge in [-0.25, -0.2) is 0 Å². The lowest BCUT2D eigenvalue weighted by molar-refractivity contribution is -0.652. The highest BCUT2D eigenvalue weighted by atomic mass is 31.1. The quantitative estimate of drug-likeness (QED) is 0.263. The zero-order chi connectivity index (χ0) is 22.1. The van der Waals surface area contributed by atoms with Crippen molar-refractivity contribution in [1.82, 2.24) is 4.57 Å². The number of aromatic nitrogens is 2. The Kier molecular flexibility index (Phi) is 6.16. The number of hydrogen-bond donors (Lipinski definition) is 0. The van der Waals surface area contributed by atoms with E-state index in [9.17, 15) is 0 Å². The smallest absolute Gasteiger partial charge is 0.166 e. The van der Waals surface area contributed by atoms with Crippen LogP contribution >= 0.6 is 7.92 Å². The molecule has 1 atom stereocenters. The van der Waals surface area contributed by atoms with E-state index in [1.165, 1.54) is 38.6 Å². The minimum absolute atomic E-state index is 0.227. The Morgan fingerprint density at radius 1 is 0.839 bits per heavy atom. The normalized spacial score (nSPS) is 12.4. The van der Waals surface area contributed by atoms with E-state index < -0.39 is 7.92 Å². The molecule has 0 aliphatic rings. The zero-order valence-electron chi connectivity index (χ0n) is 19.0. The van der Waals surface area contributed by atoms with E-state index in [0.29, 0.717) is 0 Å². The zero-order valence-corrected chi connectivity index (χ0v) is 19.9. The number of hydrogen-bond acceptors (Lipinski definition) is 0. The monoisotopic (exact) mass is 423 g/mol. The van der Waals surface area contributed by atoms with Gasteiger partial charge in [0.05, 0.1) is 14.1 Å². The maximum Gasteiger partial charge on any atom is 0.166 e. The summed E-state index contributed by atoms with van der Waals surface area (Å²) in [5, 5.41) is 1.44. The van der Waals surface area contributed by atoms with Gasteiger partial charge < -0.3 is 7.85 Å². The van der Waals surface area contributed by atoms with Gasteiger partial charge in [-0.1, -0.05) is 78.4 Å². The highest BCUT2D eigenvalue weighted by molar-refractivity contribution is 7.73. The highest BCUT2D eigenvalue weighted by Gasteiger charge is 2.34. The van der Waals surface area contributed by atoms with E-state index in [-0.39, 0.29) is 5.66 Å². The van der Waals surface area contributed by atoms with E-state index in [4.69, 9.17) is 7.85 Å². The molecule has 0 aliphatic heterocycles. The third-order valence-electron chi connectivity index (χ3n) is 5.97. The molecule has 4 aromatic rings. The molecule has 0 fully saturated rings. The van der Waals surface area contributed by atoms with Crippen molar-refractivity contribution in [2.24, 2.45) is 14.1 Å². The minimum atomic E-state index is -0.775. The molecule has 3 aromatic carbocycles. The third-order valence-corrected chi connectivity index (χ3v) is 9.18. The molecule has 31 heavy (non-hydrogen) atoms. The molecule has 0 amide bonds. The Balaban J connectivity index is 2.06. The molecule has 4 heteroatoms. The van der Waals surface area contributed by atoms with Crippen LogP contribution in [0.25, 0.3) is 0 Å². The molecule has 1 heterocycles. The van der Waals surface area contributed by atoms with Crippen molar-refractivity contribution in [2.75, 3.05) is 0 Å². The van der Waals surface area contributed by atoms with Crippen LogP contribution in [0.4, 0.5) is 0 Å². The SMILES string of the molecule is [B-]c1n(C)c(P(c2c(C)cc(C)cc2C)C(c2ccccc2)c2ccccc2)c[n+]1C. The maximum absolute atomic E-state index is 6.43. The lowest BCUT2D eigenvalue weighted by atomic mass is 10.0. The summed E-state index contributed by atoms with van der Waals surface area (Å²) in [4.78, 5) is 0. The number of imidazole rings is 1. The van der Waals surface area contributed by atoms with E-state index >= 15 is 0 Å². The molecule has 1 aromatic heterocycles. The van der Waals surface area contributed by atoms with Crippen LogP contribution in [0.15, 0.2) is 79.0 Å². The van der Waals surface area contributed by atoms with Crippen LogP contribution in [0.1, 0.15) is 33.5 Å². The first-order valence-electron chi connectivity index (χ1n) is 10.7. The number of aryl methyl sites for hydroxylation is 4.